The van der Waals surface area contributed by atoms with E-state index in [1.807, 2.05) is 49.4 Å². The van der Waals surface area contributed by atoms with E-state index >= 15 is 0 Å². The highest BCUT2D eigenvalue weighted by Gasteiger charge is 2.13. The van der Waals surface area contributed by atoms with Crippen molar-refractivity contribution in [3.05, 3.63) is 77.2 Å². The van der Waals surface area contributed by atoms with Crippen LogP contribution >= 0.6 is 11.3 Å². The van der Waals surface area contributed by atoms with E-state index in [-0.39, 0.29) is 5.97 Å². The van der Waals surface area contributed by atoms with Gasteiger partial charge in [-0.2, -0.15) is 0 Å². The lowest BCUT2D eigenvalue weighted by Gasteiger charge is -2.03. The van der Waals surface area contributed by atoms with Crippen LogP contribution in [0.15, 0.2) is 72.3 Å². The van der Waals surface area contributed by atoms with Gasteiger partial charge >= 0.3 is 5.97 Å². The molecular formula is C22H20O2S. The average molecular weight is 348 g/mol. The number of ether oxygens (including phenoxy) is 1. The monoisotopic (exact) mass is 348 g/mol. The molecule has 0 fully saturated rings. The van der Waals surface area contributed by atoms with Crippen molar-refractivity contribution >= 4 is 23.4 Å². The van der Waals surface area contributed by atoms with Crippen LogP contribution in [0.4, 0.5) is 0 Å². The topological polar surface area (TPSA) is 26.3 Å². The number of rotatable bonds is 5. The third kappa shape index (κ3) is 4.06. The number of esters is 1. The Balaban J connectivity index is 2.07. The minimum absolute atomic E-state index is 0.265. The summed E-state index contributed by atoms with van der Waals surface area (Å²) in [5, 5.41) is 0. The van der Waals surface area contributed by atoms with Gasteiger partial charge in [-0.3, -0.25) is 0 Å². The molecule has 2 aromatic carbocycles. The molecule has 0 N–H and O–H groups in total. The molecular weight excluding hydrogens is 328 g/mol. The predicted octanol–water partition coefficient (Wildman–Crippen LogP) is 6.05. The number of benzene rings is 2. The molecule has 2 nitrogen and oxygen atoms in total. The molecule has 25 heavy (non-hydrogen) atoms. The molecule has 3 rings (SSSR count). The second kappa shape index (κ2) is 7.95. The van der Waals surface area contributed by atoms with E-state index in [4.69, 9.17) is 4.74 Å². The van der Waals surface area contributed by atoms with E-state index in [0.29, 0.717) is 12.2 Å². The second-order valence-electron chi connectivity index (χ2n) is 5.67. The summed E-state index contributed by atoms with van der Waals surface area (Å²) >= 11 is 1.69. The van der Waals surface area contributed by atoms with Crippen LogP contribution in [0.3, 0.4) is 0 Å². The predicted molar refractivity (Wildman–Crippen MR) is 105 cm³/mol. The molecule has 0 amide bonds. The van der Waals surface area contributed by atoms with Gasteiger partial charge in [0.15, 0.2) is 0 Å². The van der Waals surface area contributed by atoms with E-state index in [1.165, 1.54) is 21.6 Å². The molecule has 0 spiro atoms. The molecule has 0 saturated carbocycles. The smallest absolute Gasteiger partial charge is 0.333 e. The van der Waals surface area contributed by atoms with Gasteiger partial charge in [0.05, 0.1) is 6.61 Å². The molecule has 0 unspecified atom stereocenters. The van der Waals surface area contributed by atoms with Crippen molar-refractivity contribution in [3.63, 3.8) is 0 Å². The maximum Gasteiger partial charge on any atom is 0.333 e. The number of thiophene rings is 1. The lowest BCUT2D eigenvalue weighted by molar-refractivity contribution is -0.138. The SMILES string of the molecule is CCOC(=O)/C(C)=C/c1cc(-c2ccccc2)c(-c2ccccc2)s1. The first kappa shape index (κ1) is 17.2. The van der Waals surface area contributed by atoms with Crippen LogP contribution in [0.1, 0.15) is 18.7 Å². The van der Waals surface area contributed by atoms with Gasteiger partial charge in [0.2, 0.25) is 0 Å². The zero-order chi connectivity index (χ0) is 17.6. The van der Waals surface area contributed by atoms with Gasteiger partial charge in [-0.15, -0.1) is 11.3 Å². The van der Waals surface area contributed by atoms with Crippen molar-refractivity contribution in [2.75, 3.05) is 6.61 Å². The number of hydrogen-bond donors (Lipinski definition) is 0. The highest BCUT2D eigenvalue weighted by atomic mass is 32.1. The molecule has 3 aromatic rings. The summed E-state index contributed by atoms with van der Waals surface area (Å²) in [6.07, 6.45) is 1.90. The van der Waals surface area contributed by atoms with Gasteiger partial charge in [-0.1, -0.05) is 60.7 Å². The Morgan fingerprint density at radius 1 is 1.00 bits per heavy atom. The molecule has 0 aliphatic rings. The molecule has 0 bridgehead atoms. The van der Waals surface area contributed by atoms with Crippen LogP contribution in [0.5, 0.6) is 0 Å². The summed E-state index contributed by atoms with van der Waals surface area (Å²) in [4.78, 5) is 14.1. The zero-order valence-electron chi connectivity index (χ0n) is 14.4. The third-order valence-electron chi connectivity index (χ3n) is 3.83. The highest BCUT2D eigenvalue weighted by Crippen LogP contribution is 2.40. The second-order valence-corrected chi connectivity index (χ2v) is 6.76. The number of carbonyl (C=O) groups is 1. The molecule has 0 radical (unpaired) electrons. The quantitative estimate of drug-likeness (QED) is 0.414. The standard InChI is InChI=1S/C22H20O2S/c1-3-24-22(23)16(2)14-19-15-20(17-10-6-4-7-11-17)21(25-19)18-12-8-5-9-13-18/h4-15H,3H2,1-2H3/b16-14+. The Morgan fingerprint density at radius 3 is 2.20 bits per heavy atom. The molecule has 1 aromatic heterocycles. The van der Waals surface area contributed by atoms with E-state index in [0.717, 1.165) is 4.88 Å². The number of carbonyl (C=O) groups excluding carboxylic acids is 1. The molecule has 0 aliphatic heterocycles. The van der Waals surface area contributed by atoms with Crippen molar-refractivity contribution in [1.82, 2.24) is 0 Å². The molecule has 0 aliphatic carbocycles. The van der Waals surface area contributed by atoms with Crippen molar-refractivity contribution in [1.29, 1.82) is 0 Å². The minimum Gasteiger partial charge on any atom is -0.463 e. The Hall–Kier alpha value is -2.65. The fourth-order valence-corrected chi connectivity index (χ4v) is 3.82. The van der Waals surface area contributed by atoms with E-state index < -0.39 is 0 Å². The van der Waals surface area contributed by atoms with Gasteiger partial charge in [0.1, 0.15) is 0 Å². The Kier molecular flexibility index (Phi) is 5.46. The Bertz CT molecular complexity index is 820. The summed E-state index contributed by atoms with van der Waals surface area (Å²) in [6.45, 7) is 4.00. The van der Waals surface area contributed by atoms with Crippen molar-refractivity contribution in [3.8, 4) is 21.6 Å². The molecule has 126 valence electrons. The maximum absolute atomic E-state index is 11.9. The number of hydrogen-bond acceptors (Lipinski definition) is 3. The molecule has 0 saturated heterocycles. The normalized spacial score (nSPS) is 11.4. The summed E-state index contributed by atoms with van der Waals surface area (Å²) < 4.78 is 5.08. The lowest BCUT2D eigenvalue weighted by Crippen LogP contribution is -2.04. The molecule has 3 heteroatoms. The Labute approximate surface area is 152 Å². The van der Waals surface area contributed by atoms with Crippen LogP contribution in [0.25, 0.3) is 27.6 Å². The maximum atomic E-state index is 11.9. The lowest BCUT2D eigenvalue weighted by atomic mass is 10.0. The van der Waals surface area contributed by atoms with Crippen LogP contribution in [0, 0.1) is 0 Å². The summed E-state index contributed by atoms with van der Waals surface area (Å²) in [6, 6.07) is 22.8. The van der Waals surface area contributed by atoms with Crippen LogP contribution in [-0.2, 0) is 9.53 Å². The van der Waals surface area contributed by atoms with Crippen LogP contribution < -0.4 is 0 Å². The van der Waals surface area contributed by atoms with Crippen molar-refractivity contribution in [2.24, 2.45) is 0 Å². The van der Waals surface area contributed by atoms with E-state index in [1.54, 1.807) is 18.3 Å². The first-order valence-corrected chi connectivity index (χ1v) is 9.10. The van der Waals surface area contributed by atoms with Crippen molar-refractivity contribution in [2.45, 2.75) is 13.8 Å². The minimum atomic E-state index is -0.265. The first-order chi connectivity index (χ1) is 12.2. The van der Waals surface area contributed by atoms with Gasteiger partial charge in [0.25, 0.3) is 0 Å². The van der Waals surface area contributed by atoms with Crippen LogP contribution in [-0.4, -0.2) is 12.6 Å². The van der Waals surface area contributed by atoms with Gasteiger partial charge in [-0.05, 0) is 37.1 Å². The summed E-state index contributed by atoms with van der Waals surface area (Å²) in [5.74, 6) is -0.265. The fraction of sp³-hybridized carbons (Fsp3) is 0.136. The zero-order valence-corrected chi connectivity index (χ0v) is 15.2. The van der Waals surface area contributed by atoms with Crippen LogP contribution in [0.2, 0.25) is 0 Å². The third-order valence-corrected chi connectivity index (χ3v) is 4.96. The summed E-state index contributed by atoms with van der Waals surface area (Å²) in [5.41, 5.74) is 4.15. The van der Waals surface area contributed by atoms with Gasteiger partial charge in [-0.25, -0.2) is 4.79 Å². The Morgan fingerprint density at radius 2 is 1.60 bits per heavy atom. The fourth-order valence-electron chi connectivity index (χ4n) is 2.63. The molecule has 1 heterocycles. The first-order valence-electron chi connectivity index (χ1n) is 8.29. The van der Waals surface area contributed by atoms with Crippen molar-refractivity contribution < 1.29 is 9.53 Å². The van der Waals surface area contributed by atoms with Gasteiger partial charge in [0, 0.05) is 20.9 Å². The van der Waals surface area contributed by atoms with E-state index in [9.17, 15) is 4.79 Å². The largest absolute Gasteiger partial charge is 0.463 e. The highest BCUT2D eigenvalue weighted by molar-refractivity contribution is 7.17. The van der Waals surface area contributed by atoms with E-state index in [2.05, 4.69) is 30.3 Å². The molecule has 0 atom stereocenters. The van der Waals surface area contributed by atoms with Gasteiger partial charge < -0.3 is 4.74 Å². The average Bonchev–Trinajstić information content (AvgIpc) is 3.07. The summed E-state index contributed by atoms with van der Waals surface area (Å²) in [7, 11) is 0.